The smallest absolute Gasteiger partial charge is 0.256 e. The highest BCUT2D eigenvalue weighted by molar-refractivity contribution is 6.04. The zero-order valence-corrected chi connectivity index (χ0v) is 17.5. The minimum atomic E-state index is -0.226. The molecule has 29 heavy (non-hydrogen) atoms. The van der Waals surface area contributed by atoms with E-state index in [0.29, 0.717) is 23.5 Å². The Kier molecular flexibility index (Phi) is 10.5. The molecule has 0 atom stereocenters. The maximum absolute atomic E-state index is 12.2. The van der Waals surface area contributed by atoms with Crippen LogP contribution in [0.25, 0.3) is 0 Å². The van der Waals surface area contributed by atoms with E-state index in [1.807, 2.05) is 6.07 Å². The van der Waals surface area contributed by atoms with Gasteiger partial charge in [0.1, 0.15) is 5.82 Å². The van der Waals surface area contributed by atoms with Gasteiger partial charge >= 0.3 is 0 Å². The van der Waals surface area contributed by atoms with Crippen LogP contribution in [-0.2, 0) is 4.79 Å². The molecule has 5 nitrogen and oxygen atoms in total. The fraction of sp³-hybridized carbons (Fsp3) is 0.458. The quantitative estimate of drug-likeness (QED) is 0.397. The summed E-state index contributed by atoms with van der Waals surface area (Å²) in [5.74, 6) is 0.311. The zero-order chi connectivity index (χ0) is 20.7. The van der Waals surface area contributed by atoms with Gasteiger partial charge in [0.2, 0.25) is 5.91 Å². The van der Waals surface area contributed by atoms with Gasteiger partial charge in [-0.2, -0.15) is 0 Å². The standard InChI is InChI=1S/C24H33N3O2/c1-2-3-4-5-6-7-8-9-10-14-23(28)26-21-17-15-20(16-18-21)24(29)27-22-13-11-12-19-25-22/h11-13,15-19H,2-10,14H2,1H3,(H,26,28)(H,25,27,29). The van der Waals surface area contributed by atoms with Crippen LogP contribution in [-0.4, -0.2) is 16.8 Å². The summed E-state index contributed by atoms with van der Waals surface area (Å²) in [6.45, 7) is 2.24. The molecule has 0 aliphatic carbocycles. The summed E-state index contributed by atoms with van der Waals surface area (Å²) in [7, 11) is 0. The molecule has 156 valence electrons. The molecule has 0 aliphatic heterocycles. The van der Waals surface area contributed by atoms with Crippen molar-refractivity contribution in [3.05, 3.63) is 54.2 Å². The largest absolute Gasteiger partial charge is 0.326 e. The lowest BCUT2D eigenvalue weighted by Crippen LogP contribution is -2.14. The van der Waals surface area contributed by atoms with Gasteiger partial charge in [0.05, 0.1) is 0 Å². The van der Waals surface area contributed by atoms with Crippen molar-refractivity contribution in [2.24, 2.45) is 0 Å². The average Bonchev–Trinajstić information content (AvgIpc) is 2.74. The number of benzene rings is 1. The summed E-state index contributed by atoms with van der Waals surface area (Å²) in [4.78, 5) is 28.4. The number of carbonyl (C=O) groups is 2. The van der Waals surface area contributed by atoms with Crippen molar-refractivity contribution in [2.45, 2.75) is 71.1 Å². The Morgan fingerprint density at radius 2 is 1.45 bits per heavy atom. The van der Waals surface area contributed by atoms with E-state index < -0.39 is 0 Å². The molecule has 0 fully saturated rings. The number of unbranched alkanes of at least 4 members (excludes halogenated alkanes) is 8. The first-order valence-corrected chi connectivity index (χ1v) is 10.8. The fourth-order valence-electron chi connectivity index (χ4n) is 3.15. The zero-order valence-electron chi connectivity index (χ0n) is 17.5. The van der Waals surface area contributed by atoms with Gasteiger partial charge in [-0.15, -0.1) is 0 Å². The number of aromatic nitrogens is 1. The number of pyridine rings is 1. The van der Waals surface area contributed by atoms with Crippen LogP contribution in [0.5, 0.6) is 0 Å². The maximum Gasteiger partial charge on any atom is 0.256 e. The Balaban J connectivity index is 1.62. The molecule has 5 heteroatoms. The molecule has 0 bridgehead atoms. The topological polar surface area (TPSA) is 71.1 Å². The highest BCUT2D eigenvalue weighted by atomic mass is 16.2. The Labute approximate surface area is 174 Å². The maximum atomic E-state index is 12.2. The first-order valence-electron chi connectivity index (χ1n) is 10.8. The Hall–Kier alpha value is -2.69. The molecule has 2 rings (SSSR count). The van der Waals surface area contributed by atoms with E-state index in [9.17, 15) is 9.59 Å². The molecule has 0 unspecified atom stereocenters. The fourth-order valence-corrected chi connectivity index (χ4v) is 3.15. The van der Waals surface area contributed by atoms with E-state index in [1.54, 1.807) is 42.6 Å². The first kappa shape index (κ1) is 22.6. The van der Waals surface area contributed by atoms with Crippen LogP contribution in [0.4, 0.5) is 11.5 Å². The van der Waals surface area contributed by atoms with Crippen molar-refractivity contribution < 1.29 is 9.59 Å². The van der Waals surface area contributed by atoms with Crippen LogP contribution in [0.15, 0.2) is 48.7 Å². The lowest BCUT2D eigenvalue weighted by molar-refractivity contribution is -0.116. The number of anilines is 2. The summed E-state index contributed by atoms with van der Waals surface area (Å²) in [6.07, 6.45) is 13.3. The molecule has 1 aromatic heterocycles. The minimum absolute atomic E-state index is 0.0265. The van der Waals surface area contributed by atoms with Crippen molar-refractivity contribution in [1.29, 1.82) is 0 Å². The molecule has 0 radical (unpaired) electrons. The monoisotopic (exact) mass is 395 g/mol. The predicted molar refractivity (Wildman–Crippen MR) is 119 cm³/mol. The summed E-state index contributed by atoms with van der Waals surface area (Å²) in [6, 6.07) is 12.2. The molecular weight excluding hydrogens is 362 g/mol. The molecule has 1 heterocycles. The van der Waals surface area contributed by atoms with Gasteiger partial charge in [-0.25, -0.2) is 4.98 Å². The first-order chi connectivity index (χ1) is 14.2. The van der Waals surface area contributed by atoms with Crippen molar-refractivity contribution in [2.75, 3.05) is 10.6 Å². The predicted octanol–water partition coefficient (Wildman–Crippen LogP) is 6.19. The van der Waals surface area contributed by atoms with E-state index in [0.717, 1.165) is 12.8 Å². The summed E-state index contributed by atoms with van der Waals surface area (Å²) in [5, 5.41) is 5.64. The minimum Gasteiger partial charge on any atom is -0.326 e. The number of nitrogens with zero attached hydrogens (tertiary/aromatic N) is 1. The SMILES string of the molecule is CCCCCCCCCCCC(=O)Nc1ccc(C(=O)Nc2ccccn2)cc1. The molecule has 0 saturated heterocycles. The second kappa shape index (κ2) is 13.5. The number of nitrogens with one attached hydrogen (secondary N) is 2. The molecule has 0 spiro atoms. The van der Waals surface area contributed by atoms with Crippen LogP contribution < -0.4 is 10.6 Å². The number of amides is 2. The molecule has 1 aromatic carbocycles. The van der Waals surface area contributed by atoms with Crippen LogP contribution in [0.3, 0.4) is 0 Å². The number of hydrogen-bond donors (Lipinski definition) is 2. The third-order valence-corrected chi connectivity index (χ3v) is 4.84. The molecule has 0 saturated carbocycles. The lowest BCUT2D eigenvalue weighted by atomic mass is 10.1. The molecular formula is C24H33N3O2. The van der Waals surface area contributed by atoms with E-state index in [4.69, 9.17) is 0 Å². The average molecular weight is 396 g/mol. The van der Waals surface area contributed by atoms with E-state index in [-0.39, 0.29) is 11.8 Å². The van der Waals surface area contributed by atoms with Crippen molar-refractivity contribution in [3.8, 4) is 0 Å². The Bertz CT molecular complexity index is 730. The molecule has 0 aliphatic rings. The van der Waals surface area contributed by atoms with E-state index in [1.165, 1.54) is 44.9 Å². The summed E-state index contributed by atoms with van der Waals surface area (Å²) >= 11 is 0. The van der Waals surface area contributed by atoms with Gasteiger partial charge in [0.15, 0.2) is 0 Å². The van der Waals surface area contributed by atoms with Crippen LogP contribution in [0.1, 0.15) is 81.5 Å². The van der Waals surface area contributed by atoms with Gasteiger partial charge in [-0.05, 0) is 42.8 Å². The highest BCUT2D eigenvalue weighted by Crippen LogP contribution is 2.14. The second-order valence-corrected chi connectivity index (χ2v) is 7.37. The normalized spacial score (nSPS) is 10.5. The van der Waals surface area contributed by atoms with Crippen molar-refractivity contribution >= 4 is 23.3 Å². The highest BCUT2D eigenvalue weighted by Gasteiger charge is 2.07. The van der Waals surface area contributed by atoms with Gasteiger partial charge in [-0.1, -0.05) is 64.4 Å². The molecule has 2 N–H and O–H groups in total. The van der Waals surface area contributed by atoms with Crippen molar-refractivity contribution in [3.63, 3.8) is 0 Å². The van der Waals surface area contributed by atoms with Crippen molar-refractivity contribution in [1.82, 2.24) is 4.98 Å². The molecule has 2 aromatic rings. The van der Waals surface area contributed by atoms with Crippen LogP contribution >= 0.6 is 0 Å². The van der Waals surface area contributed by atoms with E-state index in [2.05, 4.69) is 22.5 Å². The van der Waals surface area contributed by atoms with Gasteiger partial charge in [0, 0.05) is 23.9 Å². The third kappa shape index (κ3) is 9.37. The Morgan fingerprint density at radius 1 is 0.793 bits per heavy atom. The number of rotatable bonds is 13. The molecule has 2 amide bonds. The number of hydrogen-bond acceptors (Lipinski definition) is 3. The lowest BCUT2D eigenvalue weighted by Gasteiger charge is -2.07. The second-order valence-electron chi connectivity index (χ2n) is 7.37. The van der Waals surface area contributed by atoms with Crippen LogP contribution in [0, 0.1) is 0 Å². The summed E-state index contributed by atoms with van der Waals surface area (Å²) in [5.41, 5.74) is 1.23. The third-order valence-electron chi connectivity index (χ3n) is 4.84. The van der Waals surface area contributed by atoms with Crippen LogP contribution in [0.2, 0.25) is 0 Å². The summed E-state index contributed by atoms with van der Waals surface area (Å²) < 4.78 is 0. The Morgan fingerprint density at radius 3 is 2.07 bits per heavy atom. The van der Waals surface area contributed by atoms with E-state index >= 15 is 0 Å². The van der Waals surface area contributed by atoms with Gasteiger partial charge in [-0.3, -0.25) is 9.59 Å². The van der Waals surface area contributed by atoms with Gasteiger partial charge in [0.25, 0.3) is 5.91 Å². The van der Waals surface area contributed by atoms with Gasteiger partial charge < -0.3 is 10.6 Å². The number of carbonyl (C=O) groups excluding carboxylic acids is 2.